The summed E-state index contributed by atoms with van der Waals surface area (Å²) < 4.78 is 5.71. The summed E-state index contributed by atoms with van der Waals surface area (Å²) in [6, 6.07) is 9.09. The van der Waals surface area contributed by atoms with Gasteiger partial charge in [-0.25, -0.2) is 0 Å². The van der Waals surface area contributed by atoms with Gasteiger partial charge in [-0.1, -0.05) is 12.1 Å². The zero-order valence-electron chi connectivity index (χ0n) is 12.5. The number of ether oxygens (including phenoxy) is 1. The Bertz CT molecular complexity index is 380. The molecule has 1 aromatic rings. The summed E-state index contributed by atoms with van der Waals surface area (Å²) in [5.74, 6) is 1.66. The standard InChI is InChI=1S/C16H26N2O/c1-12(2)19-15-7-5-13(6-8-15)16(18(3)4)14-9-10-17-11-14/h5-8,12,14,16-17H,9-11H2,1-4H3. The Kier molecular flexibility index (Phi) is 4.83. The second-order valence-corrected chi connectivity index (χ2v) is 5.90. The van der Waals surface area contributed by atoms with Crippen LogP contribution in [0.2, 0.25) is 0 Å². The molecule has 1 aliphatic heterocycles. The van der Waals surface area contributed by atoms with Gasteiger partial charge in [0, 0.05) is 6.04 Å². The molecule has 3 nitrogen and oxygen atoms in total. The third-order valence-electron chi connectivity index (χ3n) is 3.69. The molecular weight excluding hydrogens is 236 g/mol. The summed E-state index contributed by atoms with van der Waals surface area (Å²) in [5, 5.41) is 3.46. The quantitative estimate of drug-likeness (QED) is 0.883. The molecule has 0 bridgehead atoms. The monoisotopic (exact) mass is 262 g/mol. The molecule has 1 N–H and O–H groups in total. The van der Waals surface area contributed by atoms with Crippen LogP contribution in [-0.4, -0.2) is 38.2 Å². The summed E-state index contributed by atoms with van der Waals surface area (Å²) in [4.78, 5) is 2.33. The van der Waals surface area contributed by atoms with Gasteiger partial charge in [-0.2, -0.15) is 0 Å². The van der Waals surface area contributed by atoms with Crippen LogP contribution in [-0.2, 0) is 0 Å². The van der Waals surface area contributed by atoms with E-state index in [2.05, 4.69) is 62.4 Å². The molecule has 2 rings (SSSR count). The lowest BCUT2D eigenvalue weighted by molar-refractivity contribution is 0.222. The molecule has 1 fully saturated rings. The van der Waals surface area contributed by atoms with Crippen molar-refractivity contribution in [2.24, 2.45) is 5.92 Å². The van der Waals surface area contributed by atoms with Gasteiger partial charge in [-0.3, -0.25) is 0 Å². The zero-order valence-corrected chi connectivity index (χ0v) is 12.5. The van der Waals surface area contributed by atoms with E-state index in [0.717, 1.165) is 18.8 Å². The smallest absolute Gasteiger partial charge is 0.119 e. The summed E-state index contributed by atoms with van der Waals surface area (Å²) in [6.45, 7) is 6.37. The number of nitrogens with one attached hydrogen (secondary N) is 1. The minimum Gasteiger partial charge on any atom is -0.491 e. The Balaban J connectivity index is 2.13. The maximum atomic E-state index is 5.71. The Morgan fingerprint density at radius 1 is 1.21 bits per heavy atom. The fraction of sp³-hybridized carbons (Fsp3) is 0.625. The van der Waals surface area contributed by atoms with E-state index < -0.39 is 0 Å². The third-order valence-corrected chi connectivity index (χ3v) is 3.69. The van der Waals surface area contributed by atoms with Crippen LogP contribution in [0.4, 0.5) is 0 Å². The Hall–Kier alpha value is -1.06. The molecule has 1 aromatic carbocycles. The molecular formula is C16H26N2O. The number of benzene rings is 1. The normalized spacial score (nSPS) is 21.1. The average molecular weight is 262 g/mol. The summed E-state index contributed by atoms with van der Waals surface area (Å²) in [7, 11) is 4.34. The fourth-order valence-electron chi connectivity index (χ4n) is 2.95. The Labute approximate surface area is 116 Å². The zero-order chi connectivity index (χ0) is 13.8. The van der Waals surface area contributed by atoms with Gasteiger partial charge in [-0.05, 0) is 71.1 Å². The van der Waals surface area contributed by atoms with Crippen molar-refractivity contribution in [1.82, 2.24) is 10.2 Å². The van der Waals surface area contributed by atoms with Crippen LogP contribution in [0.5, 0.6) is 5.75 Å². The van der Waals surface area contributed by atoms with Crippen molar-refractivity contribution in [2.75, 3.05) is 27.2 Å². The van der Waals surface area contributed by atoms with E-state index in [0.29, 0.717) is 12.0 Å². The van der Waals surface area contributed by atoms with Crippen molar-refractivity contribution < 1.29 is 4.74 Å². The number of hydrogen-bond acceptors (Lipinski definition) is 3. The van der Waals surface area contributed by atoms with Gasteiger partial charge in [0.1, 0.15) is 5.75 Å². The van der Waals surface area contributed by atoms with E-state index in [1.165, 1.54) is 12.0 Å². The second-order valence-electron chi connectivity index (χ2n) is 5.90. The van der Waals surface area contributed by atoms with E-state index >= 15 is 0 Å². The van der Waals surface area contributed by atoms with Crippen LogP contribution in [0.1, 0.15) is 31.9 Å². The first-order chi connectivity index (χ1) is 9.08. The highest BCUT2D eigenvalue weighted by Gasteiger charge is 2.27. The molecule has 19 heavy (non-hydrogen) atoms. The third kappa shape index (κ3) is 3.71. The second kappa shape index (κ2) is 6.40. The Morgan fingerprint density at radius 3 is 2.37 bits per heavy atom. The van der Waals surface area contributed by atoms with Crippen molar-refractivity contribution in [3.63, 3.8) is 0 Å². The van der Waals surface area contributed by atoms with Crippen LogP contribution >= 0.6 is 0 Å². The van der Waals surface area contributed by atoms with Crippen molar-refractivity contribution in [1.29, 1.82) is 0 Å². The van der Waals surface area contributed by atoms with E-state index in [9.17, 15) is 0 Å². The van der Waals surface area contributed by atoms with Gasteiger partial charge in [0.15, 0.2) is 0 Å². The molecule has 0 spiro atoms. The first kappa shape index (κ1) is 14.4. The highest BCUT2D eigenvalue weighted by molar-refractivity contribution is 5.30. The maximum Gasteiger partial charge on any atom is 0.119 e. The van der Waals surface area contributed by atoms with Crippen molar-refractivity contribution >= 4 is 0 Å². The SMILES string of the molecule is CC(C)Oc1ccc(C(C2CCNC2)N(C)C)cc1. The number of hydrogen-bond donors (Lipinski definition) is 1. The molecule has 2 atom stereocenters. The largest absolute Gasteiger partial charge is 0.491 e. The van der Waals surface area contributed by atoms with Gasteiger partial charge >= 0.3 is 0 Å². The molecule has 0 radical (unpaired) electrons. The number of nitrogens with zero attached hydrogens (tertiary/aromatic N) is 1. The lowest BCUT2D eigenvalue weighted by Crippen LogP contribution is -2.28. The predicted molar refractivity (Wildman–Crippen MR) is 79.6 cm³/mol. The molecule has 3 heteroatoms. The van der Waals surface area contributed by atoms with E-state index in [1.54, 1.807) is 0 Å². The lowest BCUT2D eigenvalue weighted by atomic mass is 9.91. The summed E-state index contributed by atoms with van der Waals surface area (Å²) in [6.07, 6.45) is 1.49. The predicted octanol–water partition coefficient (Wildman–Crippen LogP) is 2.69. The minimum atomic E-state index is 0.231. The minimum absolute atomic E-state index is 0.231. The van der Waals surface area contributed by atoms with Crippen LogP contribution in [0, 0.1) is 5.92 Å². The van der Waals surface area contributed by atoms with Crippen LogP contribution < -0.4 is 10.1 Å². The van der Waals surface area contributed by atoms with Crippen molar-refractivity contribution in [3.05, 3.63) is 29.8 Å². The van der Waals surface area contributed by atoms with Crippen molar-refractivity contribution in [2.45, 2.75) is 32.4 Å². The van der Waals surface area contributed by atoms with Crippen LogP contribution in [0.25, 0.3) is 0 Å². The first-order valence-electron chi connectivity index (χ1n) is 7.21. The van der Waals surface area contributed by atoms with Gasteiger partial charge in [-0.15, -0.1) is 0 Å². The number of rotatable bonds is 5. The Morgan fingerprint density at radius 2 is 1.89 bits per heavy atom. The maximum absolute atomic E-state index is 5.71. The summed E-state index contributed by atoms with van der Waals surface area (Å²) >= 11 is 0. The molecule has 2 unspecified atom stereocenters. The fourth-order valence-corrected chi connectivity index (χ4v) is 2.95. The van der Waals surface area contributed by atoms with E-state index in [-0.39, 0.29) is 6.10 Å². The first-order valence-corrected chi connectivity index (χ1v) is 7.21. The van der Waals surface area contributed by atoms with Gasteiger partial charge in [0.25, 0.3) is 0 Å². The molecule has 1 aliphatic rings. The van der Waals surface area contributed by atoms with Gasteiger partial charge in [0.2, 0.25) is 0 Å². The highest BCUT2D eigenvalue weighted by Crippen LogP contribution is 2.31. The van der Waals surface area contributed by atoms with E-state index in [1.807, 2.05) is 0 Å². The van der Waals surface area contributed by atoms with Gasteiger partial charge < -0.3 is 15.0 Å². The topological polar surface area (TPSA) is 24.5 Å². The molecule has 0 amide bonds. The van der Waals surface area contributed by atoms with Gasteiger partial charge in [0.05, 0.1) is 6.10 Å². The molecule has 106 valence electrons. The lowest BCUT2D eigenvalue weighted by Gasteiger charge is -2.30. The molecule has 0 saturated carbocycles. The van der Waals surface area contributed by atoms with Crippen LogP contribution in [0.15, 0.2) is 24.3 Å². The van der Waals surface area contributed by atoms with Crippen LogP contribution in [0.3, 0.4) is 0 Å². The highest BCUT2D eigenvalue weighted by atomic mass is 16.5. The molecule has 0 aromatic heterocycles. The molecule has 0 aliphatic carbocycles. The molecule has 1 heterocycles. The molecule has 1 saturated heterocycles. The van der Waals surface area contributed by atoms with E-state index in [4.69, 9.17) is 4.74 Å². The van der Waals surface area contributed by atoms with Crippen molar-refractivity contribution in [3.8, 4) is 5.75 Å². The average Bonchev–Trinajstić information content (AvgIpc) is 2.84. The summed E-state index contributed by atoms with van der Waals surface area (Å²) in [5.41, 5.74) is 1.38.